The molecule has 1 amide bonds. The molecule has 1 fully saturated rings. The van der Waals surface area contributed by atoms with Crippen LogP contribution in [0.25, 0.3) is 15.9 Å². The molecular formula is C23H22ClN5OS. The number of benzene rings is 1. The third-order valence-corrected chi connectivity index (χ3v) is 7.09. The molecule has 8 heteroatoms. The summed E-state index contributed by atoms with van der Waals surface area (Å²) in [5, 5.41) is 6.37. The lowest BCUT2D eigenvalue weighted by molar-refractivity contribution is 0.0731. The number of hydrogen-bond acceptors (Lipinski definition) is 5. The number of rotatable bonds is 3. The van der Waals surface area contributed by atoms with Gasteiger partial charge in [-0.25, -0.2) is 4.68 Å². The second-order valence-corrected chi connectivity index (χ2v) is 9.27. The minimum atomic E-state index is 0.0875. The zero-order valence-corrected chi connectivity index (χ0v) is 18.9. The van der Waals surface area contributed by atoms with Crippen LogP contribution < -0.4 is 4.90 Å². The van der Waals surface area contributed by atoms with Crippen LogP contribution in [0.1, 0.15) is 22.3 Å². The number of halogens is 1. The number of amides is 1. The normalized spacial score (nSPS) is 16.8. The summed E-state index contributed by atoms with van der Waals surface area (Å²) in [5.74, 6) is 0.0875. The second-order valence-electron chi connectivity index (χ2n) is 7.80. The van der Waals surface area contributed by atoms with E-state index in [4.69, 9.17) is 11.6 Å². The number of carbonyl (C=O) groups excluding carboxylic acids is 1. The number of aryl methyl sites for hydroxylation is 1. The maximum atomic E-state index is 13.3. The summed E-state index contributed by atoms with van der Waals surface area (Å²) >= 11 is 7.53. The van der Waals surface area contributed by atoms with E-state index in [9.17, 15) is 4.79 Å². The quantitative estimate of drug-likeness (QED) is 0.449. The van der Waals surface area contributed by atoms with Crippen LogP contribution in [0.5, 0.6) is 0 Å². The van der Waals surface area contributed by atoms with E-state index in [1.165, 1.54) is 11.3 Å². The fraction of sp³-hybridized carbons (Fsp3) is 0.261. The number of aromatic nitrogens is 3. The van der Waals surface area contributed by atoms with Gasteiger partial charge in [-0.15, -0.1) is 11.3 Å². The summed E-state index contributed by atoms with van der Waals surface area (Å²) in [6, 6.07) is 13.8. The summed E-state index contributed by atoms with van der Waals surface area (Å²) in [5.41, 5.74) is 2.99. The van der Waals surface area contributed by atoms with Crippen molar-refractivity contribution >= 4 is 44.7 Å². The van der Waals surface area contributed by atoms with Gasteiger partial charge in [0.05, 0.1) is 16.3 Å². The standard InChI is InChI=1S/C23H22ClN5OS/c1-15-14-27(11-12-28(15)18-7-9-25-10-8-18)22(30)21-13-20-16(2)26-29(23(20)31-21)19-5-3-17(24)4-6-19/h3-10,13,15H,11-12,14H2,1-2H3. The van der Waals surface area contributed by atoms with Gasteiger partial charge < -0.3 is 9.80 Å². The average molecular weight is 452 g/mol. The SMILES string of the molecule is Cc1nn(-c2ccc(Cl)cc2)c2sc(C(=O)N3CCN(c4ccncc4)C(C)C3)cc12. The maximum Gasteiger partial charge on any atom is 0.264 e. The fourth-order valence-electron chi connectivity index (χ4n) is 4.13. The van der Waals surface area contributed by atoms with Gasteiger partial charge in [0, 0.05) is 54.2 Å². The highest BCUT2D eigenvalue weighted by atomic mass is 35.5. The van der Waals surface area contributed by atoms with Crippen molar-refractivity contribution in [1.82, 2.24) is 19.7 Å². The Balaban J connectivity index is 1.39. The van der Waals surface area contributed by atoms with E-state index in [1.807, 2.05) is 71.4 Å². The molecule has 3 aromatic heterocycles. The van der Waals surface area contributed by atoms with E-state index in [0.29, 0.717) is 18.1 Å². The zero-order chi connectivity index (χ0) is 21.5. The van der Waals surface area contributed by atoms with E-state index in [2.05, 4.69) is 21.9 Å². The Morgan fingerprint density at radius 1 is 1.10 bits per heavy atom. The van der Waals surface area contributed by atoms with Crippen molar-refractivity contribution in [2.75, 3.05) is 24.5 Å². The second kappa shape index (κ2) is 7.98. The predicted molar refractivity (Wildman–Crippen MR) is 126 cm³/mol. The number of nitrogens with zero attached hydrogens (tertiary/aromatic N) is 5. The van der Waals surface area contributed by atoms with Crippen molar-refractivity contribution in [3.05, 3.63) is 70.5 Å². The summed E-state index contributed by atoms with van der Waals surface area (Å²) in [6.07, 6.45) is 3.62. The third-order valence-electron chi connectivity index (χ3n) is 5.74. The fourth-order valence-corrected chi connectivity index (χ4v) is 5.40. The molecule has 0 spiro atoms. The molecule has 1 saturated heterocycles. The van der Waals surface area contributed by atoms with Crippen molar-refractivity contribution < 1.29 is 4.79 Å². The summed E-state index contributed by atoms with van der Waals surface area (Å²) in [4.78, 5) is 23.4. The largest absolute Gasteiger partial charge is 0.365 e. The van der Waals surface area contributed by atoms with Crippen LogP contribution >= 0.6 is 22.9 Å². The Hall–Kier alpha value is -2.90. The molecule has 6 nitrogen and oxygen atoms in total. The molecule has 1 aliphatic rings. The Labute approximate surface area is 189 Å². The van der Waals surface area contributed by atoms with Crippen molar-refractivity contribution in [2.24, 2.45) is 0 Å². The van der Waals surface area contributed by atoms with Gasteiger partial charge in [-0.05, 0) is 56.3 Å². The Morgan fingerprint density at radius 3 is 2.55 bits per heavy atom. The number of anilines is 1. The Morgan fingerprint density at radius 2 is 1.84 bits per heavy atom. The lowest BCUT2D eigenvalue weighted by Crippen LogP contribution is -2.53. The van der Waals surface area contributed by atoms with Crippen LogP contribution in [-0.2, 0) is 0 Å². The number of thiophene rings is 1. The lowest BCUT2D eigenvalue weighted by atomic mass is 10.1. The van der Waals surface area contributed by atoms with Crippen LogP contribution in [0.2, 0.25) is 5.02 Å². The van der Waals surface area contributed by atoms with E-state index in [0.717, 1.165) is 38.7 Å². The molecule has 1 atom stereocenters. The van der Waals surface area contributed by atoms with Gasteiger partial charge in [-0.2, -0.15) is 5.10 Å². The summed E-state index contributed by atoms with van der Waals surface area (Å²) < 4.78 is 1.90. The molecule has 4 heterocycles. The van der Waals surface area contributed by atoms with Crippen LogP contribution in [0.3, 0.4) is 0 Å². The molecule has 0 N–H and O–H groups in total. The number of carbonyl (C=O) groups is 1. The minimum Gasteiger partial charge on any atom is -0.365 e. The number of pyridine rings is 1. The molecule has 5 rings (SSSR count). The number of fused-ring (bicyclic) bond motifs is 1. The first-order valence-corrected chi connectivity index (χ1v) is 11.4. The molecule has 0 radical (unpaired) electrons. The molecule has 1 aromatic carbocycles. The Kier molecular flexibility index (Phi) is 5.16. The van der Waals surface area contributed by atoms with Gasteiger partial charge in [-0.3, -0.25) is 9.78 Å². The molecule has 1 aliphatic heterocycles. The van der Waals surface area contributed by atoms with Crippen molar-refractivity contribution in [3.63, 3.8) is 0 Å². The van der Waals surface area contributed by atoms with Crippen molar-refractivity contribution in [3.8, 4) is 5.69 Å². The van der Waals surface area contributed by atoms with Crippen LogP contribution in [0, 0.1) is 6.92 Å². The maximum absolute atomic E-state index is 13.3. The first kappa shape index (κ1) is 20.0. The van der Waals surface area contributed by atoms with Gasteiger partial charge in [-0.1, -0.05) is 11.6 Å². The molecular weight excluding hydrogens is 430 g/mol. The van der Waals surface area contributed by atoms with E-state index < -0.39 is 0 Å². The molecule has 1 unspecified atom stereocenters. The predicted octanol–water partition coefficient (Wildman–Crippen LogP) is 4.79. The van der Waals surface area contributed by atoms with E-state index >= 15 is 0 Å². The smallest absolute Gasteiger partial charge is 0.264 e. The van der Waals surface area contributed by atoms with Crippen LogP contribution in [0.4, 0.5) is 5.69 Å². The highest BCUT2D eigenvalue weighted by molar-refractivity contribution is 7.20. The summed E-state index contributed by atoms with van der Waals surface area (Å²) in [7, 11) is 0. The highest BCUT2D eigenvalue weighted by Gasteiger charge is 2.29. The zero-order valence-electron chi connectivity index (χ0n) is 17.3. The van der Waals surface area contributed by atoms with Crippen molar-refractivity contribution in [1.29, 1.82) is 0 Å². The van der Waals surface area contributed by atoms with E-state index in [-0.39, 0.29) is 11.9 Å². The molecule has 158 valence electrons. The van der Waals surface area contributed by atoms with Gasteiger partial charge in [0.25, 0.3) is 5.91 Å². The minimum absolute atomic E-state index is 0.0875. The number of hydrogen-bond donors (Lipinski definition) is 0. The lowest BCUT2D eigenvalue weighted by Gasteiger charge is -2.41. The molecule has 4 aromatic rings. The topological polar surface area (TPSA) is 54.3 Å². The third kappa shape index (κ3) is 3.68. The summed E-state index contributed by atoms with van der Waals surface area (Å²) in [6.45, 7) is 6.33. The van der Waals surface area contributed by atoms with Gasteiger partial charge >= 0.3 is 0 Å². The van der Waals surface area contributed by atoms with Gasteiger partial charge in [0.1, 0.15) is 4.83 Å². The highest BCUT2D eigenvalue weighted by Crippen LogP contribution is 2.32. The average Bonchev–Trinajstić information content (AvgIpc) is 3.35. The first-order chi connectivity index (χ1) is 15.0. The molecule has 0 bridgehead atoms. The Bertz CT molecular complexity index is 1230. The van der Waals surface area contributed by atoms with Crippen LogP contribution in [-0.4, -0.2) is 51.2 Å². The van der Waals surface area contributed by atoms with Crippen molar-refractivity contribution in [2.45, 2.75) is 19.9 Å². The van der Waals surface area contributed by atoms with Crippen LogP contribution in [0.15, 0.2) is 54.9 Å². The van der Waals surface area contributed by atoms with Gasteiger partial charge in [0.2, 0.25) is 0 Å². The monoisotopic (exact) mass is 451 g/mol. The first-order valence-electron chi connectivity index (χ1n) is 10.2. The van der Waals surface area contributed by atoms with Gasteiger partial charge in [0.15, 0.2) is 0 Å². The van der Waals surface area contributed by atoms with E-state index in [1.54, 1.807) is 0 Å². The molecule has 31 heavy (non-hydrogen) atoms. The molecule has 0 aliphatic carbocycles. The number of piperazine rings is 1. The molecule has 0 saturated carbocycles.